The van der Waals surface area contributed by atoms with Gasteiger partial charge in [-0.3, -0.25) is 9.59 Å². The second-order valence-corrected chi connectivity index (χ2v) is 22.6. The molecule has 5 amide bonds. The Kier molecular flexibility index (Phi) is 10.4. The second kappa shape index (κ2) is 15.9. The highest BCUT2D eigenvalue weighted by molar-refractivity contribution is 5.76. The minimum Gasteiger partial charge on any atom is -0.481 e. The molecule has 14 rings (SSSR count). The number of nitrogens with two attached hydrogens (primary N) is 1. The maximum atomic E-state index is 13.2. The molecule has 0 radical (unpaired) electrons. The molecule has 5 N–H and O–H groups in total. The van der Waals surface area contributed by atoms with Crippen LogP contribution in [0.2, 0.25) is 0 Å². The first-order chi connectivity index (χ1) is 30.0. The molecule has 2 aromatic carbocycles. The number of hydrogen-bond acceptors (Lipinski definition) is 4. The van der Waals surface area contributed by atoms with Crippen molar-refractivity contribution in [2.45, 2.75) is 150 Å². The zero-order valence-corrected chi connectivity index (χ0v) is 36.7. The fourth-order valence-electron chi connectivity index (χ4n) is 16.9. The number of piperidine rings is 2. The number of likely N-dealkylation sites (tertiary alicyclic amines) is 2. The summed E-state index contributed by atoms with van der Waals surface area (Å²) >= 11 is 0. The molecule has 12 aliphatic rings. The first kappa shape index (κ1) is 40.7. The summed E-state index contributed by atoms with van der Waals surface area (Å²) in [7, 11) is 0. The highest BCUT2D eigenvalue weighted by atomic mass is 16.4. The molecule has 8 saturated carbocycles. The first-order valence-electron chi connectivity index (χ1n) is 24.8. The number of aliphatic carboxylic acids is 1. The van der Waals surface area contributed by atoms with Gasteiger partial charge in [-0.15, -0.1) is 0 Å². The zero-order valence-electron chi connectivity index (χ0n) is 36.7. The van der Waals surface area contributed by atoms with E-state index < -0.39 is 5.97 Å². The molecule has 62 heavy (non-hydrogen) atoms. The van der Waals surface area contributed by atoms with E-state index in [2.05, 4.69) is 58.0 Å². The molecule has 10 heteroatoms. The highest BCUT2D eigenvalue weighted by Gasteiger charge is 2.52. The van der Waals surface area contributed by atoms with Gasteiger partial charge < -0.3 is 31.3 Å². The molecule has 2 aromatic rings. The predicted octanol–water partition coefficient (Wildman–Crippen LogP) is 8.43. The number of hydrogen-bond donors (Lipinski definition) is 4. The van der Waals surface area contributed by atoms with Crippen molar-refractivity contribution in [1.82, 2.24) is 20.4 Å². The summed E-state index contributed by atoms with van der Waals surface area (Å²) in [6, 6.07) is 18.1. The van der Waals surface area contributed by atoms with Gasteiger partial charge in [-0.05, 0) is 195 Å². The van der Waals surface area contributed by atoms with Gasteiger partial charge in [0.1, 0.15) is 0 Å². The van der Waals surface area contributed by atoms with Crippen molar-refractivity contribution < 1.29 is 24.3 Å². The molecule has 8 bridgehead atoms. The molecule has 10 fully saturated rings. The lowest BCUT2D eigenvalue weighted by atomic mass is 9.54. The number of primary amides is 1. The minimum absolute atomic E-state index is 0.0378. The molecule has 2 aliphatic heterocycles. The maximum Gasteiger partial charge on any atom is 0.317 e. The Labute approximate surface area is 367 Å². The van der Waals surface area contributed by atoms with E-state index in [9.17, 15) is 24.3 Å². The third-order valence-corrected chi connectivity index (χ3v) is 19.1. The summed E-state index contributed by atoms with van der Waals surface area (Å²) < 4.78 is 0. The van der Waals surface area contributed by atoms with Crippen molar-refractivity contribution in [2.24, 2.45) is 53.1 Å². The molecule has 2 spiro atoms. The Morgan fingerprint density at radius 2 is 0.903 bits per heavy atom. The molecule has 2 saturated heterocycles. The van der Waals surface area contributed by atoms with Crippen molar-refractivity contribution in [2.75, 3.05) is 26.2 Å². The van der Waals surface area contributed by atoms with E-state index >= 15 is 0 Å². The van der Waals surface area contributed by atoms with Gasteiger partial charge in [-0.25, -0.2) is 9.59 Å². The summed E-state index contributed by atoms with van der Waals surface area (Å²) in [5.41, 5.74) is 10.9. The first-order valence-corrected chi connectivity index (χ1v) is 24.8. The molecule has 10 aliphatic carbocycles. The van der Waals surface area contributed by atoms with Gasteiger partial charge >= 0.3 is 18.0 Å². The number of fused-ring (bicyclic) bond motifs is 4. The van der Waals surface area contributed by atoms with E-state index in [4.69, 9.17) is 5.73 Å². The summed E-state index contributed by atoms with van der Waals surface area (Å²) in [5, 5.41) is 16.3. The van der Waals surface area contributed by atoms with Crippen molar-refractivity contribution >= 4 is 23.9 Å². The summed E-state index contributed by atoms with van der Waals surface area (Å²) in [5.74, 6) is 5.93. The summed E-state index contributed by atoms with van der Waals surface area (Å²) in [4.78, 5) is 53.5. The normalized spacial score (nSPS) is 37.1. The Hall–Kier alpha value is -4.08. The van der Waals surface area contributed by atoms with Crippen LogP contribution in [0.25, 0.3) is 0 Å². The number of carbonyl (C=O) groups excluding carboxylic acids is 3. The van der Waals surface area contributed by atoms with Crippen LogP contribution in [-0.2, 0) is 20.4 Å². The fraction of sp³-hybridized carbons (Fsp3) is 0.692. The van der Waals surface area contributed by atoms with E-state index in [1.54, 1.807) is 0 Å². The Balaban J connectivity index is 0.000000139. The van der Waals surface area contributed by atoms with Crippen LogP contribution < -0.4 is 16.4 Å². The molecule has 2 atom stereocenters. The lowest BCUT2D eigenvalue weighted by molar-refractivity contribution is -0.137. The van der Waals surface area contributed by atoms with Crippen LogP contribution in [0.4, 0.5) is 9.59 Å². The number of urea groups is 2. The topological polar surface area (TPSA) is 145 Å². The number of benzene rings is 2. The number of amides is 5. The number of rotatable bonds is 6. The van der Waals surface area contributed by atoms with E-state index in [1.165, 1.54) is 86.5 Å². The van der Waals surface area contributed by atoms with E-state index in [0.29, 0.717) is 42.2 Å². The Bertz CT molecular complexity index is 1870. The van der Waals surface area contributed by atoms with Crippen LogP contribution in [0.15, 0.2) is 48.5 Å². The number of nitrogens with zero attached hydrogens (tertiary/aromatic N) is 2. The predicted molar refractivity (Wildman–Crippen MR) is 237 cm³/mol. The van der Waals surface area contributed by atoms with Gasteiger partial charge in [0, 0.05) is 44.7 Å². The van der Waals surface area contributed by atoms with Crippen LogP contribution in [0.1, 0.15) is 150 Å². The smallest absolute Gasteiger partial charge is 0.317 e. The molecule has 2 unspecified atom stereocenters. The van der Waals surface area contributed by atoms with E-state index in [1.807, 2.05) is 11.0 Å². The highest BCUT2D eigenvalue weighted by Crippen LogP contribution is 2.57. The number of nitrogens with one attached hydrogen (secondary N) is 2. The van der Waals surface area contributed by atoms with Gasteiger partial charge in [-0.2, -0.15) is 0 Å². The van der Waals surface area contributed by atoms with E-state index in [-0.39, 0.29) is 47.1 Å². The van der Waals surface area contributed by atoms with Gasteiger partial charge in [0.25, 0.3) is 0 Å². The summed E-state index contributed by atoms with van der Waals surface area (Å²) in [6.07, 6.45) is 19.9. The lowest BCUT2D eigenvalue weighted by Gasteiger charge is -2.54. The molecule has 332 valence electrons. The summed E-state index contributed by atoms with van der Waals surface area (Å²) in [6.45, 7) is 3.15. The van der Waals surface area contributed by atoms with Crippen LogP contribution in [0.3, 0.4) is 0 Å². The number of carbonyl (C=O) groups is 4. The molecule has 10 nitrogen and oxygen atoms in total. The van der Waals surface area contributed by atoms with Crippen LogP contribution in [-0.4, -0.2) is 77.1 Å². The Morgan fingerprint density at radius 1 is 0.548 bits per heavy atom. The largest absolute Gasteiger partial charge is 0.481 e. The third kappa shape index (κ3) is 7.31. The number of carboxylic acids is 1. The zero-order chi connectivity index (χ0) is 42.3. The van der Waals surface area contributed by atoms with Crippen LogP contribution >= 0.6 is 0 Å². The third-order valence-electron chi connectivity index (χ3n) is 19.1. The average molecular weight is 844 g/mol. The van der Waals surface area contributed by atoms with Crippen molar-refractivity contribution in [1.29, 1.82) is 0 Å². The van der Waals surface area contributed by atoms with Gasteiger partial charge in [0.2, 0.25) is 5.91 Å². The molecule has 0 aromatic heterocycles. The quantitative estimate of drug-likeness (QED) is 0.231. The molecular weight excluding hydrogens is 775 g/mol. The van der Waals surface area contributed by atoms with Crippen LogP contribution in [0.5, 0.6) is 0 Å². The second-order valence-electron chi connectivity index (χ2n) is 22.6. The number of carboxylic acid groups (broad SMARTS) is 1. The maximum absolute atomic E-state index is 13.2. The van der Waals surface area contributed by atoms with Gasteiger partial charge in [-0.1, -0.05) is 48.5 Å². The average Bonchev–Trinajstić information content (AvgIpc) is 3.70. The van der Waals surface area contributed by atoms with Crippen molar-refractivity contribution in [3.63, 3.8) is 0 Å². The van der Waals surface area contributed by atoms with Crippen LogP contribution in [0, 0.1) is 47.3 Å². The standard InChI is InChI=1S/C26H35N3O2.C26H34N2O3/c27-23(30)14-20-15-26(22-4-2-1-3-21(20)22)5-7-29(8-6-26)25(31)28-24-18-10-16-9-17(12-18)13-19(24)11-16;29-23(30)14-20-15-26(22-4-2-1-3-21(20)22)5-7-28(8-6-26)25(31)27-24-18-10-16-9-17(12-18)13-19(24)11-16/h1-4,16-20,24H,5-15H2,(H2,27,30)(H,28,31);1-4,16-20,24H,5-15H2,(H,27,31)(H,29,30). The van der Waals surface area contributed by atoms with Crippen molar-refractivity contribution in [3.05, 3.63) is 70.8 Å². The van der Waals surface area contributed by atoms with Gasteiger partial charge in [0.15, 0.2) is 0 Å². The SMILES string of the molecule is NC(=O)CC1CC2(CCN(C(=O)NC3C4CC5CC(C4)CC3C5)CC2)c2ccccc21.O=C(O)CC1CC2(CCN(C(=O)NC3C4CC5CC(C4)CC3C5)CC2)c2ccccc21. The van der Waals surface area contributed by atoms with Crippen molar-refractivity contribution in [3.8, 4) is 0 Å². The monoisotopic (exact) mass is 844 g/mol. The molecule has 2 heterocycles. The lowest BCUT2D eigenvalue weighted by Crippen LogP contribution is -2.59. The Morgan fingerprint density at radius 3 is 1.26 bits per heavy atom. The van der Waals surface area contributed by atoms with E-state index in [0.717, 1.165) is 88.4 Å². The fourth-order valence-corrected chi connectivity index (χ4v) is 16.9. The minimum atomic E-state index is -0.718. The van der Waals surface area contributed by atoms with Gasteiger partial charge in [0.05, 0.1) is 6.42 Å². The molecular formula is C52H69N5O5.